The van der Waals surface area contributed by atoms with E-state index in [9.17, 15) is 18.0 Å². The van der Waals surface area contributed by atoms with Crippen LogP contribution < -0.4 is 14.4 Å². The molecule has 0 aliphatic rings. The minimum Gasteiger partial charge on any atom is -0.497 e. The lowest BCUT2D eigenvalue weighted by molar-refractivity contribution is -0.140. The average molecular weight is 580 g/mol. The fraction of sp³-hybridized carbons (Fsp3) is 0.375. The van der Waals surface area contributed by atoms with Crippen molar-refractivity contribution in [3.05, 3.63) is 89.5 Å². The van der Waals surface area contributed by atoms with Crippen molar-refractivity contribution in [2.75, 3.05) is 18.0 Å². The molecule has 1 N–H and O–H groups in total. The zero-order valence-corrected chi connectivity index (χ0v) is 25.6. The topological polar surface area (TPSA) is 96.0 Å². The van der Waals surface area contributed by atoms with Crippen LogP contribution in [-0.4, -0.2) is 50.9 Å². The second-order valence-corrected chi connectivity index (χ2v) is 12.1. The van der Waals surface area contributed by atoms with Crippen LogP contribution in [0, 0.1) is 13.8 Å². The van der Waals surface area contributed by atoms with Crippen LogP contribution in [0.15, 0.2) is 77.7 Å². The third-order valence-corrected chi connectivity index (χ3v) is 8.87. The second kappa shape index (κ2) is 14.2. The quantitative estimate of drug-likeness (QED) is 0.299. The van der Waals surface area contributed by atoms with Gasteiger partial charge in [-0.1, -0.05) is 61.4 Å². The number of carbonyl (C=O) groups is 2. The van der Waals surface area contributed by atoms with Crippen molar-refractivity contribution in [2.45, 2.75) is 71.0 Å². The van der Waals surface area contributed by atoms with Gasteiger partial charge < -0.3 is 15.0 Å². The number of nitrogens with one attached hydrogen (secondary N) is 1. The van der Waals surface area contributed by atoms with Crippen LogP contribution in [0.1, 0.15) is 50.3 Å². The van der Waals surface area contributed by atoms with Crippen molar-refractivity contribution in [1.29, 1.82) is 0 Å². The van der Waals surface area contributed by atoms with E-state index < -0.39 is 28.5 Å². The van der Waals surface area contributed by atoms with Gasteiger partial charge in [-0.15, -0.1) is 0 Å². The highest BCUT2D eigenvalue weighted by Crippen LogP contribution is 2.26. The maximum atomic E-state index is 14.2. The lowest BCUT2D eigenvalue weighted by Crippen LogP contribution is -2.53. The highest BCUT2D eigenvalue weighted by molar-refractivity contribution is 7.92. The molecule has 0 aliphatic carbocycles. The summed E-state index contributed by atoms with van der Waals surface area (Å²) in [6, 6.07) is 19.9. The molecule has 2 amide bonds. The third-order valence-electron chi connectivity index (χ3n) is 7.08. The molecule has 0 radical (unpaired) electrons. The molecule has 3 aromatic rings. The molecule has 0 aromatic heterocycles. The Kier molecular flexibility index (Phi) is 10.9. The van der Waals surface area contributed by atoms with E-state index >= 15 is 0 Å². The Labute approximate surface area is 244 Å². The van der Waals surface area contributed by atoms with Crippen LogP contribution in [0.2, 0.25) is 0 Å². The summed E-state index contributed by atoms with van der Waals surface area (Å²) in [4.78, 5) is 29.1. The minimum atomic E-state index is -4.11. The van der Waals surface area contributed by atoms with Crippen molar-refractivity contribution < 1.29 is 22.7 Å². The molecule has 8 nitrogen and oxygen atoms in total. The van der Waals surface area contributed by atoms with Gasteiger partial charge in [0.2, 0.25) is 11.8 Å². The molecule has 41 heavy (non-hydrogen) atoms. The van der Waals surface area contributed by atoms with E-state index in [1.165, 1.54) is 4.90 Å². The summed E-state index contributed by atoms with van der Waals surface area (Å²) in [6.07, 6.45) is 1.09. The van der Waals surface area contributed by atoms with Gasteiger partial charge >= 0.3 is 0 Å². The minimum absolute atomic E-state index is 0.0729. The largest absolute Gasteiger partial charge is 0.497 e. The molecule has 0 aliphatic heterocycles. The highest BCUT2D eigenvalue weighted by atomic mass is 32.2. The van der Waals surface area contributed by atoms with E-state index in [2.05, 4.69) is 5.32 Å². The third kappa shape index (κ3) is 8.10. The van der Waals surface area contributed by atoms with Crippen LogP contribution in [0.4, 0.5) is 5.69 Å². The number of aryl methyl sites for hydroxylation is 2. The maximum absolute atomic E-state index is 14.2. The highest BCUT2D eigenvalue weighted by Gasteiger charge is 2.34. The van der Waals surface area contributed by atoms with Crippen molar-refractivity contribution in [2.24, 2.45) is 0 Å². The molecule has 3 aromatic carbocycles. The second-order valence-electron chi connectivity index (χ2n) is 10.3. The van der Waals surface area contributed by atoms with Crippen LogP contribution >= 0.6 is 0 Å². The summed E-state index contributed by atoms with van der Waals surface area (Å²) in [6.45, 7) is 9.14. The van der Waals surface area contributed by atoms with Crippen molar-refractivity contribution in [3.63, 3.8) is 0 Å². The SMILES string of the molecule is CC[C@H](C(=O)N[C@@H](C)CC)N(Cc1cccc(OC)c1)C(=O)CN(c1ccc(C)cc1)S(=O)(=O)c1ccc(C)cc1. The Morgan fingerprint density at radius 1 is 0.902 bits per heavy atom. The Balaban J connectivity index is 2.06. The number of benzene rings is 3. The zero-order chi connectivity index (χ0) is 30.2. The van der Waals surface area contributed by atoms with Crippen LogP contribution in [0.3, 0.4) is 0 Å². The maximum Gasteiger partial charge on any atom is 0.264 e. The molecular weight excluding hydrogens is 538 g/mol. The Morgan fingerprint density at radius 3 is 2.07 bits per heavy atom. The van der Waals surface area contributed by atoms with E-state index in [0.717, 1.165) is 27.4 Å². The van der Waals surface area contributed by atoms with Crippen molar-refractivity contribution in [3.8, 4) is 5.75 Å². The monoisotopic (exact) mass is 579 g/mol. The number of carbonyl (C=O) groups excluding carboxylic acids is 2. The smallest absolute Gasteiger partial charge is 0.264 e. The molecule has 220 valence electrons. The summed E-state index contributed by atoms with van der Waals surface area (Å²) in [7, 11) is -2.54. The lowest BCUT2D eigenvalue weighted by Gasteiger charge is -2.33. The van der Waals surface area contributed by atoms with Gasteiger partial charge in [-0.05, 0) is 75.6 Å². The Morgan fingerprint density at radius 2 is 1.51 bits per heavy atom. The molecule has 0 unspecified atom stereocenters. The predicted molar refractivity (Wildman–Crippen MR) is 162 cm³/mol. The first-order valence-corrected chi connectivity index (χ1v) is 15.3. The normalized spacial score (nSPS) is 12.7. The number of hydrogen-bond acceptors (Lipinski definition) is 5. The van der Waals surface area contributed by atoms with E-state index in [0.29, 0.717) is 17.9 Å². The average Bonchev–Trinajstić information content (AvgIpc) is 2.96. The van der Waals surface area contributed by atoms with Gasteiger partial charge in [-0.2, -0.15) is 0 Å². The van der Waals surface area contributed by atoms with Gasteiger partial charge in [-0.3, -0.25) is 13.9 Å². The van der Waals surface area contributed by atoms with Crippen molar-refractivity contribution in [1.82, 2.24) is 10.2 Å². The van der Waals surface area contributed by atoms with E-state index in [4.69, 9.17) is 4.74 Å². The first-order valence-electron chi connectivity index (χ1n) is 13.9. The Bertz CT molecular complexity index is 1420. The number of rotatable bonds is 13. The van der Waals surface area contributed by atoms with E-state index in [1.807, 2.05) is 46.8 Å². The molecule has 0 heterocycles. The Hall–Kier alpha value is -3.85. The first kappa shape index (κ1) is 31.7. The predicted octanol–water partition coefficient (Wildman–Crippen LogP) is 5.23. The zero-order valence-electron chi connectivity index (χ0n) is 24.8. The lowest BCUT2D eigenvalue weighted by atomic mass is 10.1. The van der Waals surface area contributed by atoms with Gasteiger partial charge in [0.25, 0.3) is 10.0 Å². The molecule has 9 heteroatoms. The summed E-state index contributed by atoms with van der Waals surface area (Å²) >= 11 is 0. The number of ether oxygens (including phenoxy) is 1. The molecule has 0 saturated carbocycles. The number of anilines is 1. The molecular formula is C32H41N3O5S. The number of methoxy groups -OCH3 is 1. The molecule has 0 saturated heterocycles. The van der Waals surface area contributed by atoms with Gasteiger partial charge in [0.15, 0.2) is 0 Å². The van der Waals surface area contributed by atoms with Crippen LogP contribution in [0.25, 0.3) is 0 Å². The fourth-order valence-electron chi connectivity index (χ4n) is 4.41. The molecule has 0 bridgehead atoms. The number of nitrogens with zero attached hydrogens (tertiary/aromatic N) is 2. The number of hydrogen-bond donors (Lipinski definition) is 1. The fourth-order valence-corrected chi connectivity index (χ4v) is 5.82. The molecule has 0 fully saturated rings. The molecule has 3 rings (SSSR count). The molecule has 2 atom stereocenters. The van der Waals surface area contributed by atoms with Crippen LogP contribution in [-0.2, 0) is 26.2 Å². The number of amides is 2. The summed E-state index contributed by atoms with van der Waals surface area (Å²) in [5.41, 5.74) is 3.00. The van der Waals surface area contributed by atoms with Gasteiger partial charge in [0, 0.05) is 12.6 Å². The van der Waals surface area contributed by atoms with E-state index in [-0.39, 0.29) is 23.4 Å². The number of sulfonamides is 1. The van der Waals surface area contributed by atoms with Crippen LogP contribution in [0.5, 0.6) is 5.75 Å². The summed E-state index contributed by atoms with van der Waals surface area (Å²) in [5, 5.41) is 2.99. The van der Waals surface area contributed by atoms with E-state index in [1.54, 1.807) is 67.8 Å². The summed E-state index contributed by atoms with van der Waals surface area (Å²) in [5.74, 6) is -0.146. The van der Waals surface area contributed by atoms with Gasteiger partial charge in [-0.25, -0.2) is 8.42 Å². The first-order chi connectivity index (χ1) is 19.5. The molecule has 0 spiro atoms. The standard InChI is InChI=1S/C32H41N3O5S/c1-7-25(5)33-32(37)30(8-2)34(21-26-10-9-11-28(20-26)40-6)31(36)22-35(27-16-12-23(3)13-17-27)41(38,39)29-18-14-24(4)15-19-29/h9-20,25,30H,7-8,21-22H2,1-6H3,(H,33,37)/t25-,30+/m0/s1. The van der Waals surface area contributed by atoms with Gasteiger partial charge in [0.1, 0.15) is 18.3 Å². The van der Waals surface area contributed by atoms with Gasteiger partial charge in [0.05, 0.1) is 17.7 Å². The van der Waals surface area contributed by atoms with Crippen molar-refractivity contribution >= 4 is 27.5 Å². The summed E-state index contributed by atoms with van der Waals surface area (Å²) < 4.78 is 34.4.